The van der Waals surface area contributed by atoms with Crippen LogP contribution in [0.25, 0.3) is 0 Å². The molecule has 1 aliphatic carbocycles. The Hall–Kier alpha value is -1.81. The van der Waals surface area contributed by atoms with Gasteiger partial charge in [0.25, 0.3) is 0 Å². The van der Waals surface area contributed by atoms with Crippen LogP contribution in [0.1, 0.15) is 35.7 Å². The number of nitrogen functional groups attached to an aromatic ring is 1. The van der Waals surface area contributed by atoms with E-state index in [0.29, 0.717) is 17.3 Å². The molecule has 0 spiro atoms. The summed E-state index contributed by atoms with van der Waals surface area (Å²) in [6, 6.07) is 8.55. The summed E-state index contributed by atoms with van der Waals surface area (Å²) in [6.45, 7) is 2.46. The van der Waals surface area contributed by atoms with E-state index in [-0.39, 0.29) is 5.78 Å². The van der Waals surface area contributed by atoms with Gasteiger partial charge < -0.3 is 10.6 Å². The van der Waals surface area contributed by atoms with Crippen molar-refractivity contribution in [1.29, 1.82) is 0 Å². The molecule has 1 saturated carbocycles. The molecule has 0 saturated heterocycles. The molecular formula is C16H18N2OS. The molecule has 1 fully saturated rings. The van der Waals surface area contributed by atoms with Gasteiger partial charge in [-0.15, -0.1) is 0 Å². The molecular weight excluding hydrogens is 268 g/mol. The largest absolute Gasteiger partial charge is 0.398 e. The molecule has 0 atom stereocenters. The van der Waals surface area contributed by atoms with Crippen LogP contribution >= 0.6 is 11.3 Å². The highest BCUT2D eigenvalue weighted by Gasteiger charge is 2.29. The number of benzene rings is 1. The zero-order valence-electron chi connectivity index (χ0n) is 11.5. The molecule has 1 aromatic carbocycles. The van der Waals surface area contributed by atoms with Crippen molar-refractivity contribution in [2.45, 2.75) is 32.4 Å². The van der Waals surface area contributed by atoms with Crippen molar-refractivity contribution in [2.24, 2.45) is 0 Å². The number of carbonyl (C=O) groups is 1. The fourth-order valence-corrected chi connectivity index (χ4v) is 3.08. The third kappa shape index (κ3) is 2.70. The first-order valence-corrected chi connectivity index (χ1v) is 7.77. The average Bonchev–Trinajstić information content (AvgIpc) is 3.14. The van der Waals surface area contributed by atoms with Gasteiger partial charge in [-0.3, -0.25) is 4.79 Å². The van der Waals surface area contributed by atoms with Gasteiger partial charge in [-0.05, 0) is 60.4 Å². The maximum Gasteiger partial charge on any atom is 0.161 e. The predicted molar refractivity (Wildman–Crippen MR) is 84.4 cm³/mol. The van der Waals surface area contributed by atoms with Crippen LogP contribution in [0, 0.1) is 0 Å². The Bertz CT molecular complexity index is 617. The summed E-state index contributed by atoms with van der Waals surface area (Å²) >= 11 is 1.72. The lowest BCUT2D eigenvalue weighted by Gasteiger charge is -2.25. The Morgan fingerprint density at radius 3 is 2.80 bits per heavy atom. The first kappa shape index (κ1) is 13.2. The average molecular weight is 286 g/mol. The van der Waals surface area contributed by atoms with Gasteiger partial charge in [0.2, 0.25) is 0 Å². The third-order valence-corrected chi connectivity index (χ3v) is 4.40. The molecule has 3 nitrogen and oxygen atoms in total. The number of hydrogen-bond donors (Lipinski definition) is 1. The molecule has 20 heavy (non-hydrogen) atoms. The number of hydrogen-bond acceptors (Lipinski definition) is 4. The van der Waals surface area contributed by atoms with Gasteiger partial charge in [0, 0.05) is 29.5 Å². The summed E-state index contributed by atoms with van der Waals surface area (Å²) in [5, 5.41) is 4.28. The summed E-state index contributed by atoms with van der Waals surface area (Å²) in [4.78, 5) is 14.0. The fraction of sp³-hybridized carbons (Fsp3) is 0.312. The molecule has 1 aliphatic rings. The van der Waals surface area contributed by atoms with Crippen LogP contribution in [0.15, 0.2) is 35.0 Å². The highest BCUT2D eigenvalue weighted by Crippen LogP contribution is 2.34. The maximum absolute atomic E-state index is 11.6. The second-order valence-corrected chi connectivity index (χ2v) is 6.10. The third-order valence-electron chi connectivity index (χ3n) is 3.67. The minimum atomic E-state index is 0.0237. The molecule has 1 heterocycles. The zero-order chi connectivity index (χ0) is 14.1. The molecule has 0 unspecified atom stereocenters. The number of thiophene rings is 1. The lowest BCUT2D eigenvalue weighted by Crippen LogP contribution is -2.25. The Balaban J connectivity index is 1.91. The van der Waals surface area contributed by atoms with E-state index in [1.807, 2.05) is 18.2 Å². The fourth-order valence-electron chi connectivity index (χ4n) is 2.42. The van der Waals surface area contributed by atoms with Gasteiger partial charge in [-0.25, -0.2) is 0 Å². The minimum Gasteiger partial charge on any atom is -0.398 e. The van der Waals surface area contributed by atoms with E-state index in [1.165, 1.54) is 18.4 Å². The molecule has 0 bridgehead atoms. The van der Waals surface area contributed by atoms with Crippen molar-refractivity contribution in [1.82, 2.24) is 0 Å². The number of rotatable bonds is 5. The molecule has 104 valence electrons. The maximum atomic E-state index is 11.6. The quantitative estimate of drug-likeness (QED) is 0.673. The van der Waals surface area contributed by atoms with Gasteiger partial charge in [0.15, 0.2) is 5.78 Å². The smallest absolute Gasteiger partial charge is 0.161 e. The number of anilines is 2. The van der Waals surface area contributed by atoms with Crippen molar-refractivity contribution in [2.75, 3.05) is 10.6 Å². The molecule has 2 N–H and O–H groups in total. The summed E-state index contributed by atoms with van der Waals surface area (Å²) in [7, 11) is 0. The van der Waals surface area contributed by atoms with Gasteiger partial charge in [0.05, 0.1) is 0 Å². The normalized spacial score (nSPS) is 14.2. The van der Waals surface area contributed by atoms with E-state index < -0.39 is 0 Å². The highest BCUT2D eigenvalue weighted by molar-refractivity contribution is 7.07. The van der Waals surface area contributed by atoms with Gasteiger partial charge >= 0.3 is 0 Å². The number of Topliss-reactive ketones (excluding diaryl/α,β-unsaturated/α-hetero) is 1. The SMILES string of the molecule is CC(=O)c1cc(N(Cc2ccsc2)C2CC2)ccc1N. The van der Waals surface area contributed by atoms with Gasteiger partial charge in [-0.1, -0.05) is 0 Å². The molecule has 0 radical (unpaired) electrons. The number of nitrogens with two attached hydrogens (primary N) is 1. The van der Waals surface area contributed by atoms with Crippen molar-refractivity contribution in [3.63, 3.8) is 0 Å². The van der Waals surface area contributed by atoms with Crippen LogP contribution < -0.4 is 10.6 Å². The van der Waals surface area contributed by atoms with Gasteiger partial charge in [0.1, 0.15) is 0 Å². The van der Waals surface area contributed by atoms with Crippen molar-refractivity contribution in [3.05, 3.63) is 46.2 Å². The van der Waals surface area contributed by atoms with Gasteiger partial charge in [-0.2, -0.15) is 11.3 Å². The van der Waals surface area contributed by atoms with E-state index in [4.69, 9.17) is 5.73 Å². The van der Waals surface area contributed by atoms with Crippen molar-refractivity contribution >= 4 is 28.5 Å². The monoisotopic (exact) mass is 286 g/mol. The molecule has 0 amide bonds. The van der Waals surface area contributed by atoms with E-state index in [1.54, 1.807) is 18.3 Å². The molecule has 3 rings (SSSR count). The summed E-state index contributed by atoms with van der Waals surface area (Å²) < 4.78 is 0. The second kappa shape index (κ2) is 5.29. The number of carbonyl (C=O) groups excluding carboxylic acids is 1. The Morgan fingerprint density at radius 2 is 2.20 bits per heavy atom. The number of ketones is 1. The standard InChI is InChI=1S/C16H18N2OS/c1-11(19)15-8-14(4-5-16(15)17)18(13-2-3-13)9-12-6-7-20-10-12/h4-8,10,13H,2-3,9,17H2,1H3. The van der Waals surface area contributed by atoms with Crippen LogP contribution in [0.3, 0.4) is 0 Å². The minimum absolute atomic E-state index is 0.0237. The molecule has 1 aromatic heterocycles. The first-order valence-electron chi connectivity index (χ1n) is 6.83. The molecule has 0 aliphatic heterocycles. The Kier molecular flexibility index (Phi) is 3.49. The van der Waals surface area contributed by atoms with E-state index in [0.717, 1.165) is 12.2 Å². The lowest BCUT2D eigenvalue weighted by atomic mass is 10.1. The van der Waals surface area contributed by atoms with Crippen LogP contribution in [0.2, 0.25) is 0 Å². The van der Waals surface area contributed by atoms with Crippen LogP contribution in [-0.4, -0.2) is 11.8 Å². The second-order valence-electron chi connectivity index (χ2n) is 5.32. The Labute approximate surface area is 123 Å². The summed E-state index contributed by atoms with van der Waals surface area (Å²) in [5.74, 6) is 0.0237. The topological polar surface area (TPSA) is 46.3 Å². The molecule has 4 heteroatoms. The summed E-state index contributed by atoms with van der Waals surface area (Å²) in [6.07, 6.45) is 2.45. The number of nitrogens with zero attached hydrogens (tertiary/aromatic N) is 1. The van der Waals surface area contributed by atoms with Crippen LogP contribution in [0.4, 0.5) is 11.4 Å². The van der Waals surface area contributed by atoms with E-state index in [9.17, 15) is 4.79 Å². The summed E-state index contributed by atoms with van der Waals surface area (Å²) in [5.41, 5.74) is 9.48. The highest BCUT2D eigenvalue weighted by atomic mass is 32.1. The van der Waals surface area contributed by atoms with Crippen molar-refractivity contribution in [3.8, 4) is 0 Å². The zero-order valence-corrected chi connectivity index (χ0v) is 12.3. The van der Waals surface area contributed by atoms with E-state index in [2.05, 4.69) is 21.7 Å². The van der Waals surface area contributed by atoms with Crippen LogP contribution in [-0.2, 0) is 6.54 Å². The van der Waals surface area contributed by atoms with E-state index >= 15 is 0 Å². The predicted octanol–water partition coefficient (Wildman–Crippen LogP) is 3.70. The Morgan fingerprint density at radius 1 is 1.40 bits per heavy atom. The van der Waals surface area contributed by atoms with Crippen LogP contribution in [0.5, 0.6) is 0 Å². The molecule has 2 aromatic rings. The van der Waals surface area contributed by atoms with Crippen molar-refractivity contribution < 1.29 is 4.79 Å². The lowest BCUT2D eigenvalue weighted by molar-refractivity contribution is 0.101. The first-order chi connectivity index (χ1) is 9.65.